The Labute approximate surface area is 110 Å². The van der Waals surface area contributed by atoms with Crippen LogP contribution in [0.4, 0.5) is 0 Å². The monoisotopic (exact) mass is 261 g/mol. The number of pyridine rings is 1. The van der Waals surface area contributed by atoms with Gasteiger partial charge >= 0.3 is 0 Å². The summed E-state index contributed by atoms with van der Waals surface area (Å²) >= 11 is 5.92. The van der Waals surface area contributed by atoms with Gasteiger partial charge in [-0.25, -0.2) is 0 Å². The number of ketones is 1. The molecule has 0 fully saturated rings. The Morgan fingerprint density at radius 1 is 1.28 bits per heavy atom. The van der Waals surface area contributed by atoms with E-state index in [0.29, 0.717) is 16.1 Å². The van der Waals surface area contributed by atoms with Crippen LogP contribution >= 0.6 is 11.6 Å². The number of aliphatic hydroxyl groups excluding tert-OH is 1. The third kappa shape index (κ3) is 2.94. The van der Waals surface area contributed by atoms with Gasteiger partial charge in [0.25, 0.3) is 0 Å². The van der Waals surface area contributed by atoms with Gasteiger partial charge in [0.15, 0.2) is 5.78 Å². The lowest BCUT2D eigenvalue weighted by Crippen LogP contribution is -2.14. The molecule has 3 nitrogen and oxygen atoms in total. The van der Waals surface area contributed by atoms with E-state index in [1.54, 1.807) is 36.5 Å². The Bertz CT molecular complexity index is 543. The molecule has 4 heteroatoms. The highest BCUT2D eigenvalue weighted by Crippen LogP contribution is 2.19. The van der Waals surface area contributed by atoms with Crippen LogP contribution < -0.4 is 0 Å². The topological polar surface area (TPSA) is 50.2 Å². The van der Waals surface area contributed by atoms with Crippen molar-refractivity contribution in [1.29, 1.82) is 0 Å². The number of hydrogen-bond donors (Lipinski definition) is 1. The predicted molar refractivity (Wildman–Crippen MR) is 69.4 cm³/mol. The van der Waals surface area contributed by atoms with Crippen molar-refractivity contribution in [2.75, 3.05) is 0 Å². The highest BCUT2D eigenvalue weighted by molar-refractivity contribution is 6.31. The second kappa shape index (κ2) is 5.76. The van der Waals surface area contributed by atoms with Crippen molar-refractivity contribution in [2.45, 2.75) is 12.5 Å². The van der Waals surface area contributed by atoms with Crippen LogP contribution in [-0.2, 0) is 11.2 Å². The fourth-order valence-electron chi connectivity index (χ4n) is 1.65. The van der Waals surface area contributed by atoms with E-state index in [2.05, 4.69) is 4.98 Å². The Kier molecular flexibility index (Phi) is 4.07. The Balaban J connectivity index is 2.12. The zero-order valence-electron chi connectivity index (χ0n) is 9.58. The van der Waals surface area contributed by atoms with Gasteiger partial charge in [0, 0.05) is 18.8 Å². The second-order valence-corrected chi connectivity index (χ2v) is 4.33. The lowest BCUT2D eigenvalue weighted by molar-refractivity contribution is -0.126. The van der Waals surface area contributed by atoms with E-state index in [1.165, 1.54) is 6.20 Å². The maximum atomic E-state index is 11.9. The van der Waals surface area contributed by atoms with E-state index in [4.69, 9.17) is 11.6 Å². The summed E-state index contributed by atoms with van der Waals surface area (Å²) in [6.07, 6.45) is 2.04. The Hall–Kier alpha value is -1.71. The van der Waals surface area contributed by atoms with Crippen LogP contribution in [0.1, 0.15) is 17.2 Å². The largest absolute Gasteiger partial charge is 0.381 e. The van der Waals surface area contributed by atoms with Crippen LogP contribution in [0.5, 0.6) is 0 Å². The van der Waals surface area contributed by atoms with E-state index in [0.717, 1.165) is 0 Å². The number of benzene rings is 1. The molecule has 1 aromatic carbocycles. The fraction of sp³-hybridized carbons (Fsp3) is 0.143. The quantitative estimate of drug-likeness (QED) is 0.920. The van der Waals surface area contributed by atoms with Crippen molar-refractivity contribution in [3.63, 3.8) is 0 Å². The zero-order chi connectivity index (χ0) is 13.0. The minimum atomic E-state index is -1.12. The molecule has 2 aromatic rings. The summed E-state index contributed by atoms with van der Waals surface area (Å²) in [4.78, 5) is 15.8. The van der Waals surface area contributed by atoms with Gasteiger partial charge in [-0.3, -0.25) is 9.78 Å². The van der Waals surface area contributed by atoms with Gasteiger partial charge in [0.2, 0.25) is 0 Å². The fourth-order valence-corrected chi connectivity index (χ4v) is 1.84. The van der Waals surface area contributed by atoms with Crippen LogP contribution in [0.2, 0.25) is 5.02 Å². The smallest absolute Gasteiger partial charge is 0.170 e. The van der Waals surface area contributed by atoms with Crippen LogP contribution in [0.3, 0.4) is 0 Å². The normalized spacial score (nSPS) is 12.1. The summed E-state index contributed by atoms with van der Waals surface area (Å²) in [5.74, 6) is -0.283. The minimum absolute atomic E-state index is 0.0947. The number of aliphatic hydroxyl groups is 1. The molecule has 1 atom stereocenters. The molecule has 0 saturated carbocycles. The number of hydrogen-bond acceptors (Lipinski definition) is 3. The lowest BCUT2D eigenvalue weighted by Gasteiger charge is -2.10. The van der Waals surface area contributed by atoms with Crippen LogP contribution in [0, 0.1) is 0 Å². The van der Waals surface area contributed by atoms with Gasteiger partial charge in [-0.05, 0) is 17.2 Å². The molecule has 0 aliphatic heterocycles. The highest BCUT2D eigenvalue weighted by Gasteiger charge is 2.18. The van der Waals surface area contributed by atoms with Gasteiger partial charge in [0.05, 0.1) is 5.02 Å². The number of carbonyl (C=O) groups excluding carboxylic acids is 1. The average Bonchev–Trinajstić information content (AvgIpc) is 2.41. The molecule has 1 unspecified atom stereocenters. The summed E-state index contributed by atoms with van der Waals surface area (Å²) in [5.41, 5.74) is 1.26. The van der Waals surface area contributed by atoms with Crippen molar-refractivity contribution in [1.82, 2.24) is 4.98 Å². The van der Waals surface area contributed by atoms with Crippen LogP contribution in [-0.4, -0.2) is 15.9 Å². The van der Waals surface area contributed by atoms with E-state index in [-0.39, 0.29) is 12.2 Å². The molecule has 0 spiro atoms. The van der Waals surface area contributed by atoms with Crippen LogP contribution in [0.15, 0.2) is 48.8 Å². The highest BCUT2D eigenvalue weighted by atomic mass is 35.5. The third-order valence-electron chi connectivity index (χ3n) is 2.64. The number of aromatic nitrogens is 1. The van der Waals surface area contributed by atoms with E-state index >= 15 is 0 Å². The standard InChI is InChI=1S/C14H12ClNO2/c15-12-9-16-7-6-11(12)8-13(17)14(18)10-4-2-1-3-5-10/h1-7,9,14,18H,8H2. The van der Waals surface area contributed by atoms with E-state index in [9.17, 15) is 9.90 Å². The number of rotatable bonds is 4. The first-order valence-electron chi connectivity index (χ1n) is 5.52. The van der Waals surface area contributed by atoms with Crippen molar-refractivity contribution in [3.8, 4) is 0 Å². The Morgan fingerprint density at radius 3 is 2.67 bits per heavy atom. The van der Waals surface area contributed by atoms with Crippen molar-refractivity contribution >= 4 is 17.4 Å². The number of nitrogens with zero attached hydrogens (tertiary/aromatic N) is 1. The van der Waals surface area contributed by atoms with E-state index < -0.39 is 6.10 Å². The van der Waals surface area contributed by atoms with Crippen LogP contribution in [0.25, 0.3) is 0 Å². The molecule has 0 saturated heterocycles. The SMILES string of the molecule is O=C(Cc1ccncc1Cl)C(O)c1ccccc1. The molecule has 0 aliphatic rings. The average molecular weight is 262 g/mol. The Morgan fingerprint density at radius 2 is 2.00 bits per heavy atom. The van der Waals surface area contributed by atoms with Gasteiger partial charge in [0.1, 0.15) is 6.10 Å². The van der Waals surface area contributed by atoms with Gasteiger partial charge in [-0.1, -0.05) is 41.9 Å². The summed E-state index contributed by atoms with van der Waals surface area (Å²) in [7, 11) is 0. The van der Waals surface area contributed by atoms with Crippen molar-refractivity contribution in [3.05, 3.63) is 64.9 Å². The molecule has 0 amide bonds. The maximum Gasteiger partial charge on any atom is 0.170 e. The minimum Gasteiger partial charge on any atom is -0.381 e. The van der Waals surface area contributed by atoms with Gasteiger partial charge in [-0.15, -0.1) is 0 Å². The number of halogens is 1. The summed E-state index contributed by atoms with van der Waals surface area (Å²) in [6.45, 7) is 0. The first-order chi connectivity index (χ1) is 8.68. The van der Waals surface area contributed by atoms with Gasteiger partial charge in [-0.2, -0.15) is 0 Å². The molecule has 92 valence electrons. The molecule has 1 heterocycles. The maximum absolute atomic E-state index is 11.9. The summed E-state index contributed by atoms with van der Waals surface area (Å²) in [5, 5.41) is 10.4. The molecular formula is C14H12ClNO2. The van der Waals surface area contributed by atoms with Crippen molar-refractivity contribution < 1.29 is 9.90 Å². The molecule has 0 radical (unpaired) electrons. The zero-order valence-corrected chi connectivity index (χ0v) is 10.3. The number of carbonyl (C=O) groups is 1. The molecule has 0 bridgehead atoms. The predicted octanol–water partition coefficient (Wildman–Crippen LogP) is 2.58. The molecule has 2 rings (SSSR count). The molecule has 0 aliphatic carbocycles. The lowest BCUT2D eigenvalue weighted by atomic mass is 10.0. The third-order valence-corrected chi connectivity index (χ3v) is 2.98. The summed E-state index contributed by atoms with van der Waals surface area (Å²) < 4.78 is 0. The molecule has 1 aromatic heterocycles. The molecular weight excluding hydrogens is 250 g/mol. The molecule has 1 N–H and O–H groups in total. The van der Waals surface area contributed by atoms with Crippen molar-refractivity contribution in [2.24, 2.45) is 0 Å². The first-order valence-corrected chi connectivity index (χ1v) is 5.90. The summed E-state index contributed by atoms with van der Waals surface area (Å²) in [6, 6.07) is 10.5. The van der Waals surface area contributed by atoms with E-state index in [1.807, 2.05) is 6.07 Å². The number of Topliss-reactive ketones (excluding diaryl/α,β-unsaturated/α-hetero) is 1. The second-order valence-electron chi connectivity index (χ2n) is 3.92. The first kappa shape index (κ1) is 12.7. The molecule has 18 heavy (non-hydrogen) atoms. The van der Waals surface area contributed by atoms with Gasteiger partial charge < -0.3 is 5.11 Å².